The van der Waals surface area contributed by atoms with Crippen molar-refractivity contribution in [2.24, 2.45) is 0 Å². The smallest absolute Gasteiger partial charge is 0.177 e. The summed E-state index contributed by atoms with van der Waals surface area (Å²) >= 11 is 0. The van der Waals surface area contributed by atoms with Gasteiger partial charge in [-0.05, 0) is 21.4 Å². The molecule has 6 heteroatoms. The van der Waals surface area contributed by atoms with Crippen molar-refractivity contribution in [3.05, 3.63) is 0 Å². The van der Waals surface area contributed by atoms with Gasteiger partial charge in [0.25, 0.3) is 0 Å². The largest absolute Gasteiger partial charge is 0.348 e. The Balaban J connectivity index is 0. The molecule has 1 atom stereocenters. The van der Waals surface area contributed by atoms with Gasteiger partial charge in [-0.15, -0.1) is 0 Å². The van der Waals surface area contributed by atoms with E-state index >= 15 is 0 Å². The Kier molecular flexibility index (Phi) is 27.9. The van der Waals surface area contributed by atoms with Crippen LogP contribution in [0.4, 0.5) is 0 Å². The number of hydrogen-bond acceptors (Lipinski definition) is 2. The molecule has 0 bridgehead atoms. The molecule has 0 aliphatic heterocycles. The third-order valence-electron chi connectivity index (χ3n) is 0. The quantitative estimate of drug-likeness (QED) is 0.560. The normalized spacial score (nSPS) is 7.83. The third-order valence-corrected chi connectivity index (χ3v) is 0. The fourth-order valence-corrected chi connectivity index (χ4v) is 0. The summed E-state index contributed by atoms with van der Waals surface area (Å²) in [4.78, 5) is 7.10. The number of halogens is 2. The highest BCUT2D eigenvalue weighted by atomic mass is 36.0. The predicted molar refractivity (Wildman–Crippen MR) is 31.9 cm³/mol. The van der Waals surface area contributed by atoms with Gasteiger partial charge in [0.1, 0.15) is 0 Å². The second kappa shape index (κ2) is 16.5. The first-order chi connectivity index (χ1) is 2.83. The molecule has 1 unspecified atom stereocenters. The first-order valence-electron chi connectivity index (χ1n) is 0.803. The van der Waals surface area contributed by atoms with E-state index in [0.717, 1.165) is 0 Å². The summed E-state index contributed by atoms with van der Waals surface area (Å²) < 4.78 is 8.57. The van der Waals surface area contributed by atoms with E-state index < -0.39 is 8.69 Å². The van der Waals surface area contributed by atoms with Crippen LogP contribution in [0.3, 0.4) is 0 Å². The molecule has 2 nitrogen and oxygen atoms in total. The SMILES string of the molecule is ClSCl.O=[PH2]O. The van der Waals surface area contributed by atoms with Crippen LogP contribution in [0.5, 0.6) is 0 Å². The molecule has 6 heavy (non-hydrogen) atoms. The highest BCUT2D eigenvalue weighted by Crippen LogP contribution is 2.08. The Morgan fingerprint density at radius 2 is 1.67 bits per heavy atom. The molecule has 0 fully saturated rings. The molecular weight excluding hydrogens is 166 g/mol. The van der Waals surface area contributed by atoms with E-state index in [0.29, 0.717) is 10.2 Å². The number of hydrogen-bond donors (Lipinski definition) is 1. The van der Waals surface area contributed by atoms with Gasteiger partial charge in [0.2, 0.25) is 0 Å². The standard InChI is InChI=1S/Cl2S.H3O2P/c2*1-3-2/h;3H2,(H,1,2). The molecule has 0 aliphatic carbocycles. The first-order valence-corrected chi connectivity index (χ1v) is 4.26. The monoisotopic (exact) mass is 168 g/mol. The van der Waals surface area contributed by atoms with Crippen molar-refractivity contribution < 1.29 is 9.46 Å². The molecule has 0 aromatic rings. The molecule has 0 aliphatic rings. The summed E-state index contributed by atoms with van der Waals surface area (Å²) in [5, 5.41) is 0. The molecule has 0 radical (unpaired) electrons. The molecule has 0 aromatic carbocycles. The van der Waals surface area contributed by atoms with Crippen molar-refractivity contribution in [3.8, 4) is 0 Å². The van der Waals surface area contributed by atoms with E-state index in [9.17, 15) is 0 Å². The Bertz CT molecular complexity index is 25.5. The molecule has 0 amide bonds. The van der Waals surface area contributed by atoms with E-state index in [2.05, 4.69) is 21.4 Å². The minimum atomic E-state index is -1.50. The fraction of sp³-hybridized carbons (Fsp3) is 0. The van der Waals surface area contributed by atoms with Crippen molar-refractivity contribution in [1.82, 2.24) is 0 Å². The van der Waals surface area contributed by atoms with Crippen molar-refractivity contribution >= 4 is 40.2 Å². The van der Waals surface area contributed by atoms with Crippen LogP contribution in [0, 0.1) is 0 Å². The Hall–Kier alpha value is 1.12. The van der Waals surface area contributed by atoms with Crippen LogP contribution >= 0.6 is 40.2 Å². The summed E-state index contributed by atoms with van der Waals surface area (Å²) in [6.45, 7) is 0. The molecule has 0 spiro atoms. The highest BCUT2D eigenvalue weighted by molar-refractivity contribution is 8.38. The molecule has 0 saturated heterocycles. The van der Waals surface area contributed by atoms with Crippen LogP contribution in [0.1, 0.15) is 0 Å². The lowest BCUT2D eigenvalue weighted by Gasteiger charge is -1.40. The fourth-order valence-electron chi connectivity index (χ4n) is 0. The zero-order chi connectivity index (χ0) is 5.41. The van der Waals surface area contributed by atoms with E-state index in [1.54, 1.807) is 0 Å². The molecule has 0 aromatic heterocycles. The van der Waals surface area contributed by atoms with E-state index in [1.807, 2.05) is 0 Å². The van der Waals surface area contributed by atoms with Crippen molar-refractivity contribution in [1.29, 1.82) is 0 Å². The van der Waals surface area contributed by atoms with Gasteiger partial charge in [-0.2, -0.15) is 0 Å². The zero-order valence-corrected chi connectivity index (χ0v) is 6.08. The highest BCUT2D eigenvalue weighted by Gasteiger charge is 1.43. The van der Waals surface area contributed by atoms with E-state index in [1.165, 1.54) is 0 Å². The van der Waals surface area contributed by atoms with Crippen LogP contribution in [-0.4, -0.2) is 4.89 Å². The van der Waals surface area contributed by atoms with Crippen LogP contribution < -0.4 is 0 Å². The summed E-state index contributed by atoms with van der Waals surface area (Å²) in [7, 11) is 8.56. The minimum absolute atomic E-state index is 0.694. The summed E-state index contributed by atoms with van der Waals surface area (Å²) in [6.07, 6.45) is 0. The van der Waals surface area contributed by atoms with Gasteiger partial charge in [-0.1, -0.05) is 0 Å². The molecule has 0 heterocycles. The predicted octanol–water partition coefficient (Wildman–Crippen LogP) is 1.68. The van der Waals surface area contributed by atoms with Crippen molar-refractivity contribution in [3.63, 3.8) is 0 Å². The second-order valence-corrected chi connectivity index (χ2v) is 1.89. The summed E-state index contributed by atoms with van der Waals surface area (Å²) in [5.74, 6) is 0. The van der Waals surface area contributed by atoms with E-state index in [4.69, 9.17) is 9.46 Å². The van der Waals surface area contributed by atoms with Gasteiger partial charge in [-0.25, -0.2) is 0 Å². The molecule has 1 N–H and O–H groups in total. The second-order valence-electron chi connectivity index (χ2n) is 0.164. The maximum absolute atomic E-state index is 8.57. The molecule has 0 saturated carbocycles. The Labute approximate surface area is 50.1 Å². The molecular formula is H3Cl2O2PS. The van der Waals surface area contributed by atoms with Crippen LogP contribution in [-0.2, 0) is 4.57 Å². The van der Waals surface area contributed by atoms with Gasteiger partial charge in [0.15, 0.2) is 8.69 Å². The first kappa shape index (κ1) is 10.2. The average molecular weight is 169 g/mol. The topological polar surface area (TPSA) is 37.3 Å². The summed E-state index contributed by atoms with van der Waals surface area (Å²) in [6, 6.07) is 0. The average Bonchev–Trinajstić information content (AvgIpc) is 1.39. The van der Waals surface area contributed by atoms with Gasteiger partial charge >= 0.3 is 0 Å². The van der Waals surface area contributed by atoms with Gasteiger partial charge < -0.3 is 4.89 Å². The lowest BCUT2D eigenvalue weighted by atomic mass is 15.9. The lowest BCUT2D eigenvalue weighted by molar-refractivity contribution is 0.524. The van der Waals surface area contributed by atoms with Crippen LogP contribution in [0.25, 0.3) is 0 Å². The minimum Gasteiger partial charge on any atom is -0.348 e. The van der Waals surface area contributed by atoms with Gasteiger partial charge in [0.05, 0.1) is 10.2 Å². The zero-order valence-electron chi connectivity index (χ0n) is 2.60. The van der Waals surface area contributed by atoms with Gasteiger partial charge in [0, 0.05) is 0 Å². The van der Waals surface area contributed by atoms with Crippen molar-refractivity contribution in [2.45, 2.75) is 0 Å². The van der Waals surface area contributed by atoms with Crippen LogP contribution in [0.15, 0.2) is 0 Å². The maximum Gasteiger partial charge on any atom is 0.177 e. The van der Waals surface area contributed by atoms with E-state index in [-0.39, 0.29) is 0 Å². The summed E-state index contributed by atoms with van der Waals surface area (Å²) in [5.41, 5.74) is 0. The lowest BCUT2D eigenvalue weighted by Crippen LogP contribution is -1.03. The maximum atomic E-state index is 8.57. The van der Waals surface area contributed by atoms with Crippen LogP contribution in [0.2, 0.25) is 0 Å². The number of rotatable bonds is 0. The molecule has 40 valence electrons. The Morgan fingerprint density at radius 3 is 1.67 bits per heavy atom. The third kappa shape index (κ3) is 69.3. The van der Waals surface area contributed by atoms with Crippen molar-refractivity contribution in [2.75, 3.05) is 0 Å². The molecule has 0 rings (SSSR count). The Morgan fingerprint density at radius 1 is 1.67 bits per heavy atom. The van der Waals surface area contributed by atoms with Gasteiger partial charge in [-0.3, -0.25) is 4.57 Å².